The van der Waals surface area contributed by atoms with Crippen molar-refractivity contribution in [2.45, 2.75) is 32.6 Å². The van der Waals surface area contributed by atoms with Crippen LogP contribution in [-0.2, 0) is 9.59 Å². The van der Waals surface area contributed by atoms with E-state index in [1.807, 2.05) is 6.26 Å². The van der Waals surface area contributed by atoms with Crippen LogP contribution in [0.25, 0.3) is 0 Å². The van der Waals surface area contributed by atoms with E-state index in [4.69, 9.17) is 5.11 Å². The number of likely N-dealkylation sites (tertiary alicyclic amines) is 1. The van der Waals surface area contributed by atoms with Crippen LogP contribution in [0.3, 0.4) is 0 Å². The van der Waals surface area contributed by atoms with Crippen molar-refractivity contribution >= 4 is 23.6 Å². The number of carboxylic acids is 1. The maximum Gasteiger partial charge on any atom is 0.311 e. The van der Waals surface area contributed by atoms with Gasteiger partial charge in [0.15, 0.2) is 0 Å². The summed E-state index contributed by atoms with van der Waals surface area (Å²) in [6.07, 6.45) is 4.89. The maximum absolute atomic E-state index is 11.9. The SMILES string of the molecule is CSCCCC(=O)N1CCCC(C)(C(=O)O)C1. The molecule has 1 unspecified atom stereocenters. The molecular weight excluding hydrogens is 238 g/mol. The first-order chi connectivity index (χ1) is 7.99. The van der Waals surface area contributed by atoms with E-state index in [0.717, 1.165) is 18.6 Å². The summed E-state index contributed by atoms with van der Waals surface area (Å²) >= 11 is 1.73. The predicted octanol–water partition coefficient (Wildman–Crippen LogP) is 1.84. The number of aliphatic carboxylic acids is 1. The number of thioether (sulfide) groups is 1. The van der Waals surface area contributed by atoms with Crippen molar-refractivity contribution in [3.05, 3.63) is 0 Å². The van der Waals surface area contributed by atoms with Gasteiger partial charge < -0.3 is 10.0 Å². The van der Waals surface area contributed by atoms with E-state index >= 15 is 0 Å². The largest absolute Gasteiger partial charge is 0.481 e. The fourth-order valence-electron chi connectivity index (χ4n) is 2.15. The number of hydrogen-bond donors (Lipinski definition) is 1. The van der Waals surface area contributed by atoms with Crippen LogP contribution in [0.15, 0.2) is 0 Å². The molecular formula is C12H21NO3S. The number of carbonyl (C=O) groups is 2. The molecule has 0 aliphatic carbocycles. The fraction of sp³-hybridized carbons (Fsp3) is 0.833. The average molecular weight is 259 g/mol. The average Bonchev–Trinajstić information content (AvgIpc) is 2.29. The van der Waals surface area contributed by atoms with E-state index in [1.54, 1.807) is 23.6 Å². The van der Waals surface area contributed by atoms with Crippen LogP contribution >= 0.6 is 11.8 Å². The summed E-state index contributed by atoms with van der Waals surface area (Å²) in [5.74, 6) is 0.292. The Balaban J connectivity index is 2.49. The van der Waals surface area contributed by atoms with E-state index in [0.29, 0.717) is 25.9 Å². The molecule has 5 heteroatoms. The molecule has 1 saturated heterocycles. The van der Waals surface area contributed by atoms with Gasteiger partial charge in [-0.25, -0.2) is 0 Å². The first-order valence-electron chi connectivity index (χ1n) is 6.00. The van der Waals surface area contributed by atoms with Crippen molar-refractivity contribution in [2.24, 2.45) is 5.41 Å². The van der Waals surface area contributed by atoms with E-state index in [2.05, 4.69) is 0 Å². The molecule has 0 radical (unpaired) electrons. The molecule has 0 aromatic heterocycles. The predicted molar refractivity (Wildman–Crippen MR) is 69.2 cm³/mol. The molecule has 0 spiro atoms. The van der Waals surface area contributed by atoms with E-state index in [-0.39, 0.29) is 5.91 Å². The minimum absolute atomic E-state index is 0.103. The normalized spacial score (nSPS) is 24.7. The smallest absolute Gasteiger partial charge is 0.311 e. The monoisotopic (exact) mass is 259 g/mol. The highest BCUT2D eigenvalue weighted by Gasteiger charge is 2.39. The third-order valence-corrected chi connectivity index (χ3v) is 4.00. The molecule has 1 heterocycles. The second kappa shape index (κ2) is 6.28. The van der Waals surface area contributed by atoms with E-state index in [1.165, 1.54) is 0 Å². The van der Waals surface area contributed by atoms with Crippen LogP contribution in [0, 0.1) is 5.41 Å². The zero-order chi connectivity index (χ0) is 12.9. The molecule has 0 aromatic carbocycles. The molecule has 1 aliphatic rings. The van der Waals surface area contributed by atoms with Gasteiger partial charge in [-0.15, -0.1) is 0 Å². The molecule has 1 fully saturated rings. The fourth-order valence-corrected chi connectivity index (χ4v) is 2.59. The molecule has 4 nitrogen and oxygen atoms in total. The molecule has 1 atom stereocenters. The molecule has 1 rings (SSSR count). The van der Waals surface area contributed by atoms with Crippen LogP contribution in [0.2, 0.25) is 0 Å². The molecule has 1 aliphatic heterocycles. The second-order valence-electron chi connectivity index (χ2n) is 4.88. The summed E-state index contributed by atoms with van der Waals surface area (Å²) in [6.45, 7) is 2.80. The van der Waals surface area contributed by atoms with Crippen LogP contribution in [0.4, 0.5) is 0 Å². The summed E-state index contributed by atoms with van der Waals surface area (Å²) in [6, 6.07) is 0. The Hall–Kier alpha value is -0.710. The van der Waals surface area contributed by atoms with Gasteiger partial charge in [0.25, 0.3) is 0 Å². The lowest BCUT2D eigenvalue weighted by Gasteiger charge is -2.37. The minimum Gasteiger partial charge on any atom is -0.481 e. The topological polar surface area (TPSA) is 57.6 Å². The van der Waals surface area contributed by atoms with Crippen molar-refractivity contribution in [3.8, 4) is 0 Å². The Labute approximate surface area is 107 Å². The van der Waals surface area contributed by atoms with E-state index in [9.17, 15) is 9.59 Å². The quantitative estimate of drug-likeness (QED) is 0.765. The molecule has 0 bridgehead atoms. The first-order valence-corrected chi connectivity index (χ1v) is 7.39. The van der Waals surface area contributed by atoms with Gasteiger partial charge in [0.05, 0.1) is 5.41 Å². The Morgan fingerprint density at radius 1 is 1.47 bits per heavy atom. The van der Waals surface area contributed by atoms with Crippen molar-refractivity contribution in [3.63, 3.8) is 0 Å². The number of piperidine rings is 1. The van der Waals surface area contributed by atoms with Crippen LogP contribution in [-0.4, -0.2) is 47.0 Å². The van der Waals surface area contributed by atoms with Crippen LogP contribution in [0.1, 0.15) is 32.6 Å². The standard InChI is InChI=1S/C12H21NO3S/c1-12(11(15)16)6-4-7-13(9-12)10(14)5-3-8-17-2/h3-9H2,1-2H3,(H,15,16). The highest BCUT2D eigenvalue weighted by molar-refractivity contribution is 7.98. The summed E-state index contributed by atoms with van der Waals surface area (Å²) in [5.41, 5.74) is -0.757. The molecule has 17 heavy (non-hydrogen) atoms. The molecule has 1 N–H and O–H groups in total. The summed E-state index contributed by atoms with van der Waals surface area (Å²) in [7, 11) is 0. The number of carbonyl (C=O) groups excluding carboxylic acids is 1. The van der Waals surface area contributed by atoms with Crippen LogP contribution < -0.4 is 0 Å². The van der Waals surface area contributed by atoms with Gasteiger partial charge in [-0.1, -0.05) is 0 Å². The number of hydrogen-bond acceptors (Lipinski definition) is 3. The van der Waals surface area contributed by atoms with Crippen LogP contribution in [0.5, 0.6) is 0 Å². The number of amides is 1. The summed E-state index contributed by atoms with van der Waals surface area (Å²) in [4.78, 5) is 24.8. The molecule has 98 valence electrons. The van der Waals surface area contributed by atoms with Gasteiger partial charge in [-0.3, -0.25) is 9.59 Å². The maximum atomic E-state index is 11.9. The van der Waals surface area contributed by atoms with Crippen molar-refractivity contribution in [1.29, 1.82) is 0 Å². The minimum atomic E-state index is -0.792. The third-order valence-electron chi connectivity index (χ3n) is 3.30. The zero-order valence-electron chi connectivity index (χ0n) is 10.6. The van der Waals surface area contributed by atoms with Gasteiger partial charge in [-0.05, 0) is 38.2 Å². The number of nitrogens with zero attached hydrogens (tertiary/aromatic N) is 1. The zero-order valence-corrected chi connectivity index (χ0v) is 11.4. The number of rotatable bonds is 5. The molecule has 1 amide bonds. The van der Waals surface area contributed by atoms with Crippen molar-refractivity contribution in [2.75, 3.05) is 25.1 Å². The molecule has 0 aromatic rings. The lowest BCUT2D eigenvalue weighted by molar-refractivity contribution is -0.153. The highest BCUT2D eigenvalue weighted by Crippen LogP contribution is 2.30. The van der Waals surface area contributed by atoms with Gasteiger partial charge in [0.2, 0.25) is 5.91 Å². The Morgan fingerprint density at radius 2 is 2.18 bits per heavy atom. The Morgan fingerprint density at radius 3 is 2.76 bits per heavy atom. The summed E-state index contributed by atoms with van der Waals surface area (Å²) < 4.78 is 0. The van der Waals surface area contributed by atoms with Crippen molar-refractivity contribution in [1.82, 2.24) is 4.90 Å². The lowest BCUT2D eigenvalue weighted by atomic mass is 9.82. The van der Waals surface area contributed by atoms with Gasteiger partial charge in [-0.2, -0.15) is 11.8 Å². The third kappa shape index (κ3) is 3.91. The van der Waals surface area contributed by atoms with Gasteiger partial charge >= 0.3 is 5.97 Å². The number of carboxylic acid groups (broad SMARTS) is 1. The molecule has 0 saturated carbocycles. The second-order valence-corrected chi connectivity index (χ2v) is 5.87. The van der Waals surface area contributed by atoms with Gasteiger partial charge in [0.1, 0.15) is 0 Å². The van der Waals surface area contributed by atoms with Crippen molar-refractivity contribution < 1.29 is 14.7 Å². The highest BCUT2D eigenvalue weighted by atomic mass is 32.2. The Kier molecular flexibility index (Phi) is 5.31. The summed E-state index contributed by atoms with van der Waals surface area (Å²) in [5, 5.41) is 9.17. The first kappa shape index (κ1) is 14.4. The lowest BCUT2D eigenvalue weighted by Crippen LogP contribution is -2.48. The van der Waals surface area contributed by atoms with E-state index < -0.39 is 11.4 Å². The Bertz CT molecular complexity index is 295. The van der Waals surface area contributed by atoms with Gasteiger partial charge in [0, 0.05) is 19.5 Å².